The molecule has 0 saturated carbocycles. The van der Waals surface area contributed by atoms with Crippen molar-refractivity contribution in [3.8, 4) is 11.5 Å². The summed E-state index contributed by atoms with van der Waals surface area (Å²) < 4.78 is 11.3. The molecule has 0 unspecified atom stereocenters. The van der Waals surface area contributed by atoms with E-state index < -0.39 is 0 Å². The summed E-state index contributed by atoms with van der Waals surface area (Å²) in [7, 11) is 0. The van der Waals surface area contributed by atoms with Crippen LogP contribution in [0.5, 0.6) is 11.5 Å². The second kappa shape index (κ2) is 8.41. The van der Waals surface area contributed by atoms with Crippen molar-refractivity contribution in [2.45, 2.75) is 25.4 Å². The highest BCUT2D eigenvalue weighted by atomic mass is 32.1. The summed E-state index contributed by atoms with van der Waals surface area (Å²) in [6.45, 7) is 4.41. The molecule has 1 aromatic carbocycles. The summed E-state index contributed by atoms with van der Waals surface area (Å²) in [6, 6.07) is 12.4. The van der Waals surface area contributed by atoms with Gasteiger partial charge in [-0.05, 0) is 59.5 Å². The zero-order chi connectivity index (χ0) is 20.5. The fourth-order valence-electron chi connectivity index (χ4n) is 4.20. The second-order valence-corrected chi connectivity index (χ2v) is 9.61. The number of nitrogens with one attached hydrogen (secondary N) is 1. The van der Waals surface area contributed by atoms with E-state index in [1.165, 1.54) is 15.3 Å². The molecule has 4 heterocycles. The van der Waals surface area contributed by atoms with Crippen LogP contribution >= 0.6 is 22.7 Å². The zero-order valence-electron chi connectivity index (χ0n) is 16.8. The van der Waals surface area contributed by atoms with Crippen LogP contribution < -0.4 is 14.8 Å². The average molecular weight is 441 g/mol. The Labute approximate surface area is 184 Å². The Morgan fingerprint density at radius 3 is 2.87 bits per heavy atom. The molecule has 2 aliphatic rings. The molecular formula is C23H24N2O3S2. The van der Waals surface area contributed by atoms with Crippen molar-refractivity contribution in [2.75, 3.05) is 26.3 Å². The fourth-order valence-corrected chi connectivity index (χ4v) is 5.98. The summed E-state index contributed by atoms with van der Waals surface area (Å²) >= 11 is 3.58. The number of carbonyl (C=O) groups is 1. The van der Waals surface area contributed by atoms with Crippen LogP contribution in [0, 0.1) is 0 Å². The number of rotatable bonds is 5. The maximum Gasteiger partial charge on any atom is 0.234 e. The SMILES string of the molecule is C[C@H](NC(=O)CN1CCc2sccc2[C@H]1c1cccs1)c1ccc2c(c1)OCCO2. The molecule has 2 atom stereocenters. The van der Waals surface area contributed by atoms with E-state index in [4.69, 9.17) is 9.47 Å². The molecule has 5 rings (SSSR count). The van der Waals surface area contributed by atoms with Crippen LogP contribution in [-0.4, -0.2) is 37.1 Å². The molecule has 5 nitrogen and oxygen atoms in total. The van der Waals surface area contributed by atoms with Gasteiger partial charge in [0.2, 0.25) is 5.91 Å². The maximum atomic E-state index is 12.9. The average Bonchev–Trinajstić information content (AvgIpc) is 3.45. The molecule has 0 saturated heterocycles. The number of hydrogen-bond donors (Lipinski definition) is 1. The highest BCUT2D eigenvalue weighted by Gasteiger charge is 2.31. The molecule has 156 valence electrons. The number of thiophene rings is 2. The Morgan fingerprint density at radius 1 is 1.17 bits per heavy atom. The van der Waals surface area contributed by atoms with Gasteiger partial charge >= 0.3 is 0 Å². The summed E-state index contributed by atoms with van der Waals surface area (Å²) in [5.74, 6) is 1.55. The molecular weight excluding hydrogens is 416 g/mol. The predicted octanol–water partition coefficient (Wildman–Crippen LogP) is 4.41. The Morgan fingerprint density at radius 2 is 2.03 bits per heavy atom. The van der Waals surface area contributed by atoms with Gasteiger partial charge in [-0.1, -0.05) is 12.1 Å². The molecule has 1 N–H and O–H groups in total. The topological polar surface area (TPSA) is 50.8 Å². The molecule has 7 heteroatoms. The van der Waals surface area contributed by atoms with Gasteiger partial charge in [-0.3, -0.25) is 9.69 Å². The lowest BCUT2D eigenvalue weighted by atomic mass is 9.98. The normalized spacial score (nSPS) is 19.2. The molecule has 2 aromatic heterocycles. The molecule has 2 aliphatic heterocycles. The summed E-state index contributed by atoms with van der Waals surface area (Å²) in [4.78, 5) is 18.0. The molecule has 1 amide bonds. The van der Waals surface area contributed by atoms with Crippen LogP contribution in [0.25, 0.3) is 0 Å². The van der Waals surface area contributed by atoms with E-state index in [2.05, 4.69) is 39.2 Å². The Kier molecular flexibility index (Phi) is 5.50. The van der Waals surface area contributed by atoms with E-state index in [1.807, 2.05) is 36.5 Å². The Hall–Kier alpha value is -2.35. The van der Waals surface area contributed by atoms with Crippen LogP contribution in [0.2, 0.25) is 0 Å². The van der Waals surface area contributed by atoms with Crippen LogP contribution in [-0.2, 0) is 11.2 Å². The number of nitrogens with zero attached hydrogens (tertiary/aromatic N) is 1. The quantitative estimate of drug-likeness (QED) is 0.639. The number of carbonyl (C=O) groups excluding carboxylic acids is 1. The van der Waals surface area contributed by atoms with Gasteiger partial charge in [0.25, 0.3) is 0 Å². The first kappa shape index (κ1) is 19.6. The first-order chi connectivity index (χ1) is 14.7. The molecule has 0 aliphatic carbocycles. The minimum absolute atomic E-state index is 0.0395. The third-order valence-electron chi connectivity index (χ3n) is 5.67. The van der Waals surface area contributed by atoms with Crippen molar-refractivity contribution < 1.29 is 14.3 Å². The van der Waals surface area contributed by atoms with Crippen molar-refractivity contribution in [3.05, 3.63) is 68.0 Å². The van der Waals surface area contributed by atoms with Gasteiger partial charge < -0.3 is 14.8 Å². The third-order valence-corrected chi connectivity index (χ3v) is 7.59. The lowest BCUT2D eigenvalue weighted by Gasteiger charge is -2.35. The molecule has 0 radical (unpaired) electrons. The lowest BCUT2D eigenvalue weighted by molar-refractivity contribution is -0.123. The van der Waals surface area contributed by atoms with E-state index in [0.29, 0.717) is 19.8 Å². The van der Waals surface area contributed by atoms with Crippen molar-refractivity contribution in [3.63, 3.8) is 0 Å². The first-order valence-electron chi connectivity index (χ1n) is 10.2. The second-order valence-electron chi connectivity index (χ2n) is 7.63. The minimum atomic E-state index is -0.102. The summed E-state index contributed by atoms with van der Waals surface area (Å²) in [5.41, 5.74) is 2.36. The number of benzene rings is 1. The van der Waals surface area contributed by atoms with Gasteiger partial charge in [-0.15, -0.1) is 22.7 Å². The predicted molar refractivity (Wildman–Crippen MR) is 120 cm³/mol. The van der Waals surface area contributed by atoms with Crippen molar-refractivity contribution in [1.29, 1.82) is 0 Å². The van der Waals surface area contributed by atoms with Crippen LogP contribution in [0.4, 0.5) is 0 Å². The monoisotopic (exact) mass is 440 g/mol. The van der Waals surface area contributed by atoms with Gasteiger partial charge in [0.1, 0.15) is 13.2 Å². The standard InChI is InChI=1S/C23H24N2O3S2/c1-15(16-4-5-18-19(13-16)28-10-9-27-18)24-22(26)14-25-8-6-20-17(7-12-30-20)23(25)21-3-2-11-29-21/h2-5,7,11-13,15,23H,6,8-10,14H2,1H3,(H,24,26)/t15-,23-/m0/s1. The lowest BCUT2D eigenvalue weighted by Crippen LogP contribution is -2.43. The van der Waals surface area contributed by atoms with Gasteiger partial charge in [-0.25, -0.2) is 0 Å². The minimum Gasteiger partial charge on any atom is -0.486 e. The highest BCUT2D eigenvalue weighted by Crippen LogP contribution is 2.39. The van der Waals surface area contributed by atoms with Crippen molar-refractivity contribution in [1.82, 2.24) is 10.2 Å². The maximum absolute atomic E-state index is 12.9. The van der Waals surface area contributed by atoms with E-state index >= 15 is 0 Å². The van der Waals surface area contributed by atoms with Crippen LogP contribution in [0.15, 0.2) is 47.2 Å². The van der Waals surface area contributed by atoms with Crippen LogP contribution in [0.3, 0.4) is 0 Å². The number of hydrogen-bond acceptors (Lipinski definition) is 6. The van der Waals surface area contributed by atoms with E-state index in [-0.39, 0.29) is 18.0 Å². The van der Waals surface area contributed by atoms with Gasteiger partial charge in [0.15, 0.2) is 11.5 Å². The Bertz CT molecular complexity index is 1030. The molecule has 0 spiro atoms. The van der Waals surface area contributed by atoms with E-state index in [0.717, 1.165) is 30.0 Å². The largest absolute Gasteiger partial charge is 0.486 e. The molecule has 3 aromatic rings. The van der Waals surface area contributed by atoms with Crippen molar-refractivity contribution in [2.24, 2.45) is 0 Å². The Balaban J connectivity index is 1.29. The molecule has 0 fully saturated rings. The van der Waals surface area contributed by atoms with Gasteiger partial charge in [-0.2, -0.15) is 0 Å². The van der Waals surface area contributed by atoms with Crippen LogP contribution in [0.1, 0.15) is 39.9 Å². The number of amides is 1. The third kappa shape index (κ3) is 3.85. The van der Waals surface area contributed by atoms with Crippen molar-refractivity contribution >= 4 is 28.6 Å². The van der Waals surface area contributed by atoms with Gasteiger partial charge in [0.05, 0.1) is 18.6 Å². The van der Waals surface area contributed by atoms with E-state index in [1.54, 1.807) is 11.3 Å². The number of fused-ring (bicyclic) bond motifs is 2. The molecule has 0 bridgehead atoms. The smallest absolute Gasteiger partial charge is 0.234 e. The van der Waals surface area contributed by atoms with Gasteiger partial charge in [0, 0.05) is 16.3 Å². The van der Waals surface area contributed by atoms with E-state index in [9.17, 15) is 4.79 Å². The highest BCUT2D eigenvalue weighted by molar-refractivity contribution is 7.10. The summed E-state index contributed by atoms with van der Waals surface area (Å²) in [5, 5.41) is 7.44. The number of ether oxygens (including phenoxy) is 2. The summed E-state index contributed by atoms with van der Waals surface area (Å²) in [6.07, 6.45) is 1.000. The molecule has 30 heavy (non-hydrogen) atoms. The fraction of sp³-hybridized carbons (Fsp3) is 0.348. The zero-order valence-corrected chi connectivity index (χ0v) is 18.4. The first-order valence-corrected chi connectivity index (χ1v) is 12.0.